The first-order valence-corrected chi connectivity index (χ1v) is 8.69. The quantitative estimate of drug-likeness (QED) is 0.556. The van der Waals surface area contributed by atoms with Crippen molar-refractivity contribution >= 4 is 34.3 Å². The zero-order chi connectivity index (χ0) is 16.2. The highest BCUT2D eigenvalue weighted by atomic mass is 32.2. The summed E-state index contributed by atoms with van der Waals surface area (Å²) in [5, 5.41) is 12.0. The predicted molar refractivity (Wildman–Crippen MR) is 91.7 cm³/mol. The van der Waals surface area contributed by atoms with E-state index in [4.69, 9.17) is 0 Å². The number of hydrogen-bond acceptors (Lipinski definition) is 5. The van der Waals surface area contributed by atoms with Crippen LogP contribution in [0.1, 0.15) is 25.6 Å². The molecule has 0 spiro atoms. The Hall–Kier alpha value is -2.15. The molecule has 0 aliphatic rings. The number of thioether (sulfide) groups is 1. The van der Waals surface area contributed by atoms with Gasteiger partial charge in [0.2, 0.25) is 5.91 Å². The van der Waals surface area contributed by atoms with Crippen LogP contribution in [0.4, 0.5) is 0 Å². The Morgan fingerprint density at radius 3 is 2.96 bits per heavy atom. The summed E-state index contributed by atoms with van der Waals surface area (Å²) >= 11 is 1.40. The Bertz CT molecular complexity index is 845. The molecule has 0 unspecified atom stereocenters. The highest BCUT2D eigenvalue weighted by molar-refractivity contribution is 8.00. The number of aromatic nitrogens is 4. The van der Waals surface area contributed by atoms with E-state index in [1.807, 2.05) is 35.6 Å². The third kappa shape index (κ3) is 3.29. The number of aryl methyl sites for hydroxylation is 1. The lowest BCUT2D eigenvalue weighted by Gasteiger charge is -2.07. The average molecular weight is 329 g/mol. The van der Waals surface area contributed by atoms with Gasteiger partial charge in [0.1, 0.15) is 10.9 Å². The molecule has 2 heterocycles. The fraction of sp³-hybridized carbons (Fsp3) is 0.375. The predicted octanol–water partition coefficient (Wildman–Crippen LogP) is 2.59. The number of benzene rings is 1. The number of amides is 1. The van der Waals surface area contributed by atoms with Gasteiger partial charge in [0.15, 0.2) is 5.65 Å². The molecular weight excluding hydrogens is 310 g/mol. The van der Waals surface area contributed by atoms with Crippen molar-refractivity contribution in [2.24, 2.45) is 0 Å². The standard InChI is InChI=1S/C16H19N5OS/c1-3-4-9-17-14(22)10-23-16-15-20-19-11(2)21(15)13-8-6-5-7-12(13)18-16/h5-8H,3-4,9-10H2,1-2H3,(H,17,22). The fourth-order valence-corrected chi connectivity index (χ4v) is 3.18. The number of nitrogens with zero attached hydrogens (tertiary/aromatic N) is 4. The van der Waals surface area contributed by atoms with Crippen molar-refractivity contribution in [3.8, 4) is 0 Å². The van der Waals surface area contributed by atoms with Gasteiger partial charge in [-0.1, -0.05) is 37.2 Å². The molecular formula is C16H19N5OS. The van der Waals surface area contributed by atoms with E-state index in [9.17, 15) is 4.79 Å². The maximum absolute atomic E-state index is 11.9. The van der Waals surface area contributed by atoms with Gasteiger partial charge in [0.05, 0.1) is 16.8 Å². The third-order valence-corrected chi connectivity index (χ3v) is 4.51. The van der Waals surface area contributed by atoms with E-state index in [0.29, 0.717) is 11.4 Å². The zero-order valence-electron chi connectivity index (χ0n) is 13.2. The maximum Gasteiger partial charge on any atom is 0.230 e. The topological polar surface area (TPSA) is 72.2 Å². The molecule has 0 bridgehead atoms. The van der Waals surface area contributed by atoms with Crippen molar-refractivity contribution in [3.05, 3.63) is 30.1 Å². The first-order chi connectivity index (χ1) is 11.2. The molecule has 0 aliphatic carbocycles. The molecule has 3 aromatic rings. The molecule has 3 rings (SSSR count). The van der Waals surface area contributed by atoms with Crippen LogP contribution in [-0.4, -0.2) is 37.8 Å². The van der Waals surface area contributed by atoms with Crippen LogP contribution in [0, 0.1) is 6.92 Å². The van der Waals surface area contributed by atoms with Crippen molar-refractivity contribution in [2.75, 3.05) is 12.3 Å². The number of carbonyl (C=O) groups excluding carboxylic acids is 1. The molecule has 1 N–H and O–H groups in total. The number of hydrogen-bond donors (Lipinski definition) is 1. The minimum atomic E-state index is 0.0211. The van der Waals surface area contributed by atoms with E-state index >= 15 is 0 Å². The summed E-state index contributed by atoms with van der Waals surface area (Å²) in [7, 11) is 0. The smallest absolute Gasteiger partial charge is 0.230 e. The third-order valence-electron chi connectivity index (χ3n) is 3.55. The van der Waals surface area contributed by atoms with Gasteiger partial charge in [-0.3, -0.25) is 9.20 Å². The minimum absolute atomic E-state index is 0.0211. The summed E-state index contributed by atoms with van der Waals surface area (Å²) in [5.41, 5.74) is 2.55. The van der Waals surface area contributed by atoms with Crippen LogP contribution < -0.4 is 5.32 Å². The Morgan fingerprint density at radius 2 is 2.13 bits per heavy atom. The van der Waals surface area contributed by atoms with Crippen LogP contribution in [0.5, 0.6) is 0 Å². The molecule has 1 amide bonds. The lowest BCUT2D eigenvalue weighted by atomic mass is 10.3. The van der Waals surface area contributed by atoms with Gasteiger partial charge in [-0.2, -0.15) is 0 Å². The van der Waals surface area contributed by atoms with E-state index in [2.05, 4.69) is 27.4 Å². The second-order valence-corrected chi connectivity index (χ2v) is 6.27. The van der Waals surface area contributed by atoms with E-state index in [1.54, 1.807) is 0 Å². The maximum atomic E-state index is 11.9. The Labute approximate surface area is 138 Å². The highest BCUT2D eigenvalue weighted by Crippen LogP contribution is 2.25. The second-order valence-electron chi connectivity index (χ2n) is 5.30. The second kappa shape index (κ2) is 6.95. The van der Waals surface area contributed by atoms with Gasteiger partial charge < -0.3 is 5.32 Å². The average Bonchev–Trinajstić information content (AvgIpc) is 2.95. The molecule has 0 saturated carbocycles. The molecule has 6 nitrogen and oxygen atoms in total. The normalized spacial score (nSPS) is 11.2. The number of nitrogens with one attached hydrogen (secondary N) is 1. The molecule has 0 radical (unpaired) electrons. The zero-order valence-corrected chi connectivity index (χ0v) is 14.1. The van der Waals surface area contributed by atoms with Crippen molar-refractivity contribution in [2.45, 2.75) is 31.7 Å². The first-order valence-electron chi connectivity index (χ1n) is 7.70. The molecule has 2 aromatic heterocycles. The molecule has 0 atom stereocenters. The van der Waals surface area contributed by atoms with Crippen LogP contribution in [-0.2, 0) is 4.79 Å². The highest BCUT2D eigenvalue weighted by Gasteiger charge is 2.14. The lowest BCUT2D eigenvalue weighted by Crippen LogP contribution is -2.26. The summed E-state index contributed by atoms with van der Waals surface area (Å²) in [6.45, 7) is 4.74. The van der Waals surface area contributed by atoms with Gasteiger partial charge in [-0.25, -0.2) is 4.98 Å². The largest absolute Gasteiger partial charge is 0.355 e. The first kappa shape index (κ1) is 15.7. The van der Waals surface area contributed by atoms with Gasteiger partial charge in [-0.05, 0) is 25.5 Å². The molecule has 0 saturated heterocycles. The number of carbonyl (C=O) groups is 1. The molecule has 120 valence electrons. The van der Waals surface area contributed by atoms with Crippen molar-refractivity contribution < 1.29 is 4.79 Å². The monoisotopic (exact) mass is 329 g/mol. The van der Waals surface area contributed by atoms with Crippen LogP contribution in [0.3, 0.4) is 0 Å². The van der Waals surface area contributed by atoms with Gasteiger partial charge in [-0.15, -0.1) is 10.2 Å². The molecule has 23 heavy (non-hydrogen) atoms. The van der Waals surface area contributed by atoms with Crippen LogP contribution in [0.25, 0.3) is 16.7 Å². The van der Waals surface area contributed by atoms with E-state index in [1.165, 1.54) is 11.8 Å². The number of fused-ring (bicyclic) bond motifs is 3. The van der Waals surface area contributed by atoms with Gasteiger partial charge in [0, 0.05) is 6.54 Å². The fourth-order valence-electron chi connectivity index (χ4n) is 2.38. The minimum Gasteiger partial charge on any atom is -0.355 e. The summed E-state index contributed by atoms with van der Waals surface area (Å²) in [4.78, 5) is 16.5. The lowest BCUT2D eigenvalue weighted by molar-refractivity contribution is -0.118. The molecule has 0 aliphatic heterocycles. The number of rotatable bonds is 6. The van der Waals surface area contributed by atoms with E-state index < -0.39 is 0 Å². The van der Waals surface area contributed by atoms with Gasteiger partial charge >= 0.3 is 0 Å². The number of unbranched alkanes of at least 4 members (excludes halogenated alkanes) is 1. The Balaban J connectivity index is 1.86. The molecule has 7 heteroatoms. The van der Waals surface area contributed by atoms with Crippen molar-refractivity contribution in [1.82, 2.24) is 24.9 Å². The van der Waals surface area contributed by atoms with E-state index in [-0.39, 0.29) is 5.91 Å². The van der Waals surface area contributed by atoms with E-state index in [0.717, 1.165) is 41.3 Å². The van der Waals surface area contributed by atoms with Crippen molar-refractivity contribution in [3.63, 3.8) is 0 Å². The van der Waals surface area contributed by atoms with Crippen LogP contribution >= 0.6 is 11.8 Å². The Morgan fingerprint density at radius 1 is 1.30 bits per heavy atom. The van der Waals surface area contributed by atoms with Crippen molar-refractivity contribution in [1.29, 1.82) is 0 Å². The van der Waals surface area contributed by atoms with Crippen LogP contribution in [0.2, 0.25) is 0 Å². The van der Waals surface area contributed by atoms with Crippen LogP contribution in [0.15, 0.2) is 29.3 Å². The summed E-state index contributed by atoms with van der Waals surface area (Å²) in [5.74, 6) is 1.16. The summed E-state index contributed by atoms with van der Waals surface area (Å²) in [6.07, 6.45) is 2.07. The Kier molecular flexibility index (Phi) is 4.76. The number of para-hydroxylation sites is 2. The SMILES string of the molecule is CCCCNC(=O)CSc1nc2ccccc2n2c(C)nnc12. The molecule has 0 fully saturated rings. The summed E-state index contributed by atoms with van der Waals surface area (Å²) < 4.78 is 1.99. The molecule has 1 aromatic carbocycles. The van der Waals surface area contributed by atoms with Gasteiger partial charge in [0.25, 0.3) is 0 Å². The summed E-state index contributed by atoms with van der Waals surface area (Å²) in [6, 6.07) is 7.88.